The van der Waals surface area contributed by atoms with Crippen LogP contribution in [0.3, 0.4) is 0 Å². The van der Waals surface area contributed by atoms with E-state index in [0.717, 1.165) is 53.3 Å². The van der Waals surface area contributed by atoms with Gasteiger partial charge >= 0.3 is 0 Å². The minimum atomic E-state index is -0.254. The summed E-state index contributed by atoms with van der Waals surface area (Å²) in [5.41, 5.74) is 5.38. The van der Waals surface area contributed by atoms with Gasteiger partial charge in [0.2, 0.25) is 5.95 Å². The molecule has 0 aliphatic carbocycles. The summed E-state index contributed by atoms with van der Waals surface area (Å²) in [5, 5.41) is 3.49. The van der Waals surface area contributed by atoms with E-state index in [-0.39, 0.29) is 5.82 Å². The number of halogens is 1. The van der Waals surface area contributed by atoms with Crippen LogP contribution in [0.4, 0.5) is 10.3 Å². The number of nitrogens with zero attached hydrogens (tertiary/aromatic N) is 4. The van der Waals surface area contributed by atoms with Gasteiger partial charge in [-0.25, -0.2) is 19.3 Å². The number of thiazole rings is 1. The van der Waals surface area contributed by atoms with Crippen LogP contribution in [0.1, 0.15) is 18.5 Å². The highest BCUT2D eigenvalue weighted by molar-refractivity contribution is 7.13. The molecule has 0 spiro atoms. The van der Waals surface area contributed by atoms with Crippen LogP contribution in [0.2, 0.25) is 0 Å². The average molecular weight is 383 g/mol. The summed E-state index contributed by atoms with van der Waals surface area (Å²) in [4.78, 5) is 17.1. The Morgan fingerprint density at radius 3 is 2.56 bits per heavy atom. The summed E-state index contributed by atoms with van der Waals surface area (Å²) < 4.78 is 13.3. The first-order valence-corrected chi connectivity index (χ1v) is 9.96. The number of aryl methyl sites for hydroxylation is 1. The fourth-order valence-electron chi connectivity index (χ4n) is 3.33. The first kappa shape index (κ1) is 18.0. The third-order valence-corrected chi connectivity index (χ3v) is 5.89. The van der Waals surface area contributed by atoms with E-state index < -0.39 is 0 Å². The third-order valence-electron chi connectivity index (χ3n) is 4.96. The molecule has 27 heavy (non-hydrogen) atoms. The summed E-state index contributed by atoms with van der Waals surface area (Å²) in [7, 11) is 2.15. The third kappa shape index (κ3) is 3.99. The second-order valence-electron chi connectivity index (χ2n) is 6.95. The Morgan fingerprint density at radius 1 is 1.15 bits per heavy atom. The fourth-order valence-corrected chi connectivity index (χ4v) is 4.14. The molecule has 0 atom stereocenters. The van der Waals surface area contributed by atoms with Crippen molar-refractivity contribution in [1.29, 1.82) is 0 Å². The van der Waals surface area contributed by atoms with Crippen molar-refractivity contribution >= 4 is 17.3 Å². The van der Waals surface area contributed by atoms with Gasteiger partial charge in [0, 0.05) is 17.8 Å². The first-order chi connectivity index (χ1) is 13.1. The lowest BCUT2D eigenvalue weighted by Gasteiger charge is -2.29. The number of rotatable bonds is 4. The molecule has 1 fully saturated rings. The first-order valence-electron chi connectivity index (χ1n) is 9.08. The van der Waals surface area contributed by atoms with Crippen molar-refractivity contribution in [2.75, 3.05) is 25.5 Å². The number of likely N-dealkylation sites (tertiary alicyclic amines) is 1. The maximum Gasteiger partial charge on any atom is 0.223 e. The molecule has 3 aromatic rings. The van der Waals surface area contributed by atoms with Gasteiger partial charge in [-0.2, -0.15) is 0 Å². The number of benzene rings is 1. The van der Waals surface area contributed by atoms with Gasteiger partial charge in [-0.3, -0.25) is 0 Å². The van der Waals surface area contributed by atoms with Crippen LogP contribution in [-0.2, 0) is 0 Å². The molecular formula is C20H22FN5S. The van der Waals surface area contributed by atoms with Gasteiger partial charge in [0.25, 0.3) is 0 Å². The van der Waals surface area contributed by atoms with E-state index >= 15 is 0 Å². The van der Waals surface area contributed by atoms with Gasteiger partial charge in [-0.15, -0.1) is 11.3 Å². The Bertz CT molecular complexity index is 916. The van der Waals surface area contributed by atoms with Crippen LogP contribution in [-0.4, -0.2) is 46.0 Å². The van der Waals surface area contributed by atoms with Gasteiger partial charge in [0.1, 0.15) is 5.82 Å². The minimum absolute atomic E-state index is 0.254. The monoisotopic (exact) mass is 383 g/mol. The smallest absolute Gasteiger partial charge is 0.223 e. The van der Waals surface area contributed by atoms with Crippen molar-refractivity contribution in [2.45, 2.75) is 25.8 Å². The average Bonchev–Trinajstić information content (AvgIpc) is 3.10. The number of hydrogen-bond donors (Lipinski definition) is 1. The Balaban J connectivity index is 1.70. The molecule has 1 aromatic carbocycles. The standard InChI is InChI=1S/C20H22FN5S/c1-13-19(27-12-23-13)18-17(14-3-5-15(21)6-4-14)11-22-20(25-18)24-16-7-9-26(2)10-8-16/h3-6,11-12,16H,7-10H2,1-2H3,(H,22,24,25). The molecule has 140 valence electrons. The zero-order valence-electron chi connectivity index (χ0n) is 15.4. The minimum Gasteiger partial charge on any atom is -0.351 e. The quantitative estimate of drug-likeness (QED) is 0.731. The maximum atomic E-state index is 13.3. The molecule has 1 aliphatic heterocycles. The lowest BCUT2D eigenvalue weighted by atomic mass is 10.0. The lowest BCUT2D eigenvalue weighted by Crippen LogP contribution is -2.37. The van der Waals surface area contributed by atoms with Gasteiger partial charge in [-0.05, 0) is 57.6 Å². The Kier molecular flexibility index (Phi) is 5.13. The summed E-state index contributed by atoms with van der Waals surface area (Å²) in [5.74, 6) is 0.383. The van der Waals surface area contributed by atoms with Gasteiger partial charge < -0.3 is 10.2 Å². The van der Waals surface area contributed by atoms with Crippen LogP contribution in [0.5, 0.6) is 0 Å². The summed E-state index contributed by atoms with van der Waals surface area (Å²) >= 11 is 1.56. The molecule has 3 heterocycles. The van der Waals surface area contributed by atoms with Gasteiger partial charge in [0.05, 0.1) is 21.8 Å². The highest BCUT2D eigenvalue weighted by atomic mass is 32.1. The largest absolute Gasteiger partial charge is 0.351 e. The molecule has 0 amide bonds. The lowest BCUT2D eigenvalue weighted by molar-refractivity contribution is 0.263. The van der Waals surface area contributed by atoms with E-state index in [1.807, 2.05) is 18.6 Å². The molecule has 0 saturated carbocycles. The van der Waals surface area contributed by atoms with E-state index in [1.165, 1.54) is 12.1 Å². The molecule has 5 nitrogen and oxygen atoms in total. The molecule has 7 heteroatoms. The molecule has 2 aromatic heterocycles. The number of anilines is 1. The van der Waals surface area contributed by atoms with Crippen LogP contribution >= 0.6 is 11.3 Å². The van der Waals surface area contributed by atoms with Crippen molar-refractivity contribution in [3.63, 3.8) is 0 Å². The van der Waals surface area contributed by atoms with E-state index in [2.05, 4.69) is 27.2 Å². The van der Waals surface area contributed by atoms with Crippen molar-refractivity contribution in [1.82, 2.24) is 19.9 Å². The highest BCUT2D eigenvalue weighted by Crippen LogP contribution is 2.35. The van der Waals surface area contributed by atoms with E-state index in [1.54, 1.807) is 23.5 Å². The number of nitrogens with one attached hydrogen (secondary N) is 1. The topological polar surface area (TPSA) is 53.9 Å². The predicted octanol–water partition coefficient (Wildman–Crippen LogP) is 4.22. The van der Waals surface area contributed by atoms with Crippen molar-refractivity contribution in [2.24, 2.45) is 0 Å². The van der Waals surface area contributed by atoms with E-state index in [4.69, 9.17) is 4.98 Å². The SMILES string of the molecule is Cc1ncsc1-c1nc(NC2CCN(C)CC2)ncc1-c1ccc(F)cc1. The van der Waals surface area contributed by atoms with Crippen molar-refractivity contribution in [3.05, 3.63) is 47.5 Å². The molecule has 4 rings (SSSR count). The Morgan fingerprint density at radius 2 is 1.89 bits per heavy atom. The molecule has 0 unspecified atom stereocenters. The van der Waals surface area contributed by atoms with Crippen LogP contribution in [0.15, 0.2) is 36.0 Å². The Labute approximate surface area is 162 Å². The number of hydrogen-bond acceptors (Lipinski definition) is 6. The van der Waals surface area contributed by atoms with Crippen LogP contribution in [0, 0.1) is 12.7 Å². The van der Waals surface area contributed by atoms with Crippen molar-refractivity contribution < 1.29 is 4.39 Å². The van der Waals surface area contributed by atoms with Gasteiger partial charge in [0.15, 0.2) is 0 Å². The zero-order valence-corrected chi connectivity index (χ0v) is 16.3. The summed E-state index contributed by atoms with van der Waals surface area (Å²) in [6.07, 6.45) is 3.98. The molecule has 1 saturated heterocycles. The van der Waals surface area contributed by atoms with Crippen LogP contribution < -0.4 is 5.32 Å². The Hall–Kier alpha value is -2.38. The predicted molar refractivity (Wildman–Crippen MR) is 107 cm³/mol. The number of aromatic nitrogens is 3. The highest BCUT2D eigenvalue weighted by Gasteiger charge is 2.20. The van der Waals surface area contributed by atoms with Crippen LogP contribution in [0.25, 0.3) is 21.7 Å². The fraction of sp³-hybridized carbons (Fsp3) is 0.350. The normalized spacial score (nSPS) is 15.8. The summed E-state index contributed by atoms with van der Waals surface area (Å²) in [6, 6.07) is 6.83. The second kappa shape index (κ2) is 7.70. The molecular weight excluding hydrogens is 361 g/mol. The second-order valence-corrected chi connectivity index (χ2v) is 7.81. The molecule has 0 radical (unpaired) electrons. The van der Waals surface area contributed by atoms with Gasteiger partial charge in [-0.1, -0.05) is 12.1 Å². The van der Waals surface area contributed by atoms with E-state index in [0.29, 0.717) is 12.0 Å². The van der Waals surface area contributed by atoms with E-state index in [9.17, 15) is 4.39 Å². The molecule has 1 aliphatic rings. The zero-order chi connectivity index (χ0) is 18.8. The number of piperidine rings is 1. The molecule has 0 bridgehead atoms. The molecule has 1 N–H and O–H groups in total. The maximum absolute atomic E-state index is 13.3. The van der Waals surface area contributed by atoms with Crippen molar-refractivity contribution in [3.8, 4) is 21.7 Å². The summed E-state index contributed by atoms with van der Waals surface area (Å²) in [6.45, 7) is 4.13.